The molecule has 84 valence electrons. The van der Waals surface area contributed by atoms with Crippen LogP contribution >= 0.6 is 0 Å². The van der Waals surface area contributed by atoms with Crippen molar-refractivity contribution in [3.63, 3.8) is 0 Å². The van der Waals surface area contributed by atoms with Gasteiger partial charge in [-0.3, -0.25) is 4.99 Å². The molecule has 0 N–H and O–H groups in total. The third-order valence-electron chi connectivity index (χ3n) is 2.41. The predicted octanol–water partition coefficient (Wildman–Crippen LogP) is 3.04. The maximum atomic E-state index is 13.5. The largest absolute Gasteiger partial charge is 0.497 e. The second-order valence-corrected chi connectivity index (χ2v) is 3.64. The fourth-order valence-corrected chi connectivity index (χ4v) is 1.64. The van der Waals surface area contributed by atoms with Gasteiger partial charge in [0.25, 0.3) is 5.92 Å². The molecular weight excluding hydrogens is 212 g/mol. The van der Waals surface area contributed by atoms with Gasteiger partial charge in [0.1, 0.15) is 11.5 Å². The van der Waals surface area contributed by atoms with Gasteiger partial charge in [0.2, 0.25) is 0 Å². The van der Waals surface area contributed by atoms with Gasteiger partial charge in [-0.2, -0.15) is 8.78 Å². The Morgan fingerprint density at radius 1 is 1.31 bits per heavy atom. The molecule has 0 aliphatic carbocycles. The molecule has 1 aromatic carbocycles. The molecule has 1 aliphatic heterocycles. The van der Waals surface area contributed by atoms with Gasteiger partial charge in [-0.05, 0) is 24.3 Å². The first-order chi connectivity index (χ1) is 7.53. The molecule has 0 spiro atoms. The van der Waals surface area contributed by atoms with E-state index in [1.165, 1.54) is 7.11 Å². The van der Waals surface area contributed by atoms with Crippen LogP contribution in [0.15, 0.2) is 41.5 Å². The van der Waals surface area contributed by atoms with E-state index in [4.69, 9.17) is 4.74 Å². The van der Waals surface area contributed by atoms with Crippen LogP contribution in [-0.4, -0.2) is 18.7 Å². The first-order valence-electron chi connectivity index (χ1n) is 4.82. The van der Waals surface area contributed by atoms with Crippen molar-refractivity contribution in [1.82, 2.24) is 0 Å². The Bertz CT molecular complexity index is 449. The van der Waals surface area contributed by atoms with Gasteiger partial charge in [0.05, 0.1) is 13.5 Å². The summed E-state index contributed by atoms with van der Waals surface area (Å²) in [6, 6.07) is 6.42. The number of rotatable bonds is 2. The van der Waals surface area contributed by atoms with Crippen LogP contribution in [0.2, 0.25) is 0 Å². The van der Waals surface area contributed by atoms with Crippen molar-refractivity contribution in [2.45, 2.75) is 12.3 Å². The minimum Gasteiger partial charge on any atom is -0.497 e. The zero-order valence-corrected chi connectivity index (χ0v) is 8.84. The molecule has 0 amide bonds. The number of hydrogen-bond donors (Lipinski definition) is 0. The molecule has 0 unspecified atom stereocenters. The molecule has 2 rings (SSSR count). The number of hydrogen-bond acceptors (Lipinski definition) is 2. The Kier molecular flexibility index (Phi) is 2.50. The van der Waals surface area contributed by atoms with Crippen LogP contribution in [0.4, 0.5) is 8.78 Å². The standard InChI is InChI=1S/C12H11F2NO/c1-8-7-12(13,14)11(15-8)9-3-5-10(16-2)6-4-9/h3-6H,1,7H2,2H3. The summed E-state index contributed by atoms with van der Waals surface area (Å²) in [5.41, 5.74) is 0.417. The van der Waals surface area contributed by atoms with Crippen molar-refractivity contribution in [2.75, 3.05) is 7.11 Å². The van der Waals surface area contributed by atoms with Gasteiger partial charge in [-0.25, -0.2) is 0 Å². The van der Waals surface area contributed by atoms with E-state index in [9.17, 15) is 8.78 Å². The zero-order chi connectivity index (χ0) is 11.8. The van der Waals surface area contributed by atoms with Crippen molar-refractivity contribution in [2.24, 2.45) is 4.99 Å². The van der Waals surface area contributed by atoms with Crippen LogP contribution in [0.5, 0.6) is 5.75 Å². The smallest absolute Gasteiger partial charge is 0.295 e. The van der Waals surface area contributed by atoms with E-state index in [0.717, 1.165) is 0 Å². The van der Waals surface area contributed by atoms with Crippen LogP contribution in [0.3, 0.4) is 0 Å². The normalized spacial score (nSPS) is 18.4. The molecule has 16 heavy (non-hydrogen) atoms. The molecule has 1 heterocycles. The van der Waals surface area contributed by atoms with Gasteiger partial charge < -0.3 is 4.74 Å². The molecule has 0 aromatic heterocycles. The first-order valence-corrected chi connectivity index (χ1v) is 4.82. The minimum absolute atomic E-state index is 0.208. The summed E-state index contributed by atoms with van der Waals surface area (Å²) in [4.78, 5) is 3.80. The summed E-state index contributed by atoms with van der Waals surface area (Å²) < 4.78 is 32.0. The number of allylic oxidation sites excluding steroid dienone is 1. The summed E-state index contributed by atoms with van der Waals surface area (Å²) in [5, 5.41) is 0. The molecule has 0 saturated heterocycles. The van der Waals surface area contributed by atoms with Gasteiger partial charge >= 0.3 is 0 Å². The number of methoxy groups -OCH3 is 1. The quantitative estimate of drug-likeness (QED) is 0.755. The highest BCUT2D eigenvalue weighted by molar-refractivity contribution is 6.07. The van der Waals surface area contributed by atoms with E-state index in [0.29, 0.717) is 11.3 Å². The predicted molar refractivity (Wildman–Crippen MR) is 58.2 cm³/mol. The Morgan fingerprint density at radius 2 is 1.94 bits per heavy atom. The van der Waals surface area contributed by atoms with Crippen LogP contribution in [0.1, 0.15) is 12.0 Å². The number of halogens is 2. The SMILES string of the molecule is C=C1CC(F)(F)C(c2ccc(OC)cc2)=N1. The summed E-state index contributed by atoms with van der Waals surface area (Å²) in [7, 11) is 1.53. The highest BCUT2D eigenvalue weighted by Gasteiger charge is 2.42. The summed E-state index contributed by atoms with van der Waals surface area (Å²) >= 11 is 0. The molecule has 0 saturated carbocycles. The lowest BCUT2D eigenvalue weighted by Crippen LogP contribution is -2.24. The van der Waals surface area contributed by atoms with E-state index in [1.807, 2.05) is 0 Å². The van der Waals surface area contributed by atoms with E-state index in [-0.39, 0.29) is 11.4 Å². The highest BCUT2D eigenvalue weighted by Crippen LogP contribution is 2.35. The molecule has 1 aliphatic rings. The molecule has 4 heteroatoms. The number of alkyl halides is 2. The average Bonchev–Trinajstić information content (AvgIpc) is 2.52. The third kappa shape index (κ3) is 1.83. The molecular formula is C12H11F2NO. The number of aliphatic imine (C=N–C) groups is 1. The van der Waals surface area contributed by atoms with Crippen LogP contribution in [-0.2, 0) is 0 Å². The Hall–Kier alpha value is -1.71. The van der Waals surface area contributed by atoms with Gasteiger partial charge in [0, 0.05) is 11.3 Å². The lowest BCUT2D eigenvalue weighted by molar-refractivity contribution is 0.0863. The van der Waals surface area contributed by atoms with Crippen LogP contribution in [0, 0.1) is 0 Å². The van der Waals surface area contributed by atoms with Crippen LogP contribution < -0.4 is 4.74 Å². The zero-order valence-electron chi connectivity index (χ0n) is 8.84. The number of nitrogens with zero attached hydrogens (tertiary/aromatic N) is 1. The van der Waals surface area contributed by atoms with E-state index in [1.54, 1.807) is 24.3 Å². The maximum Gasteiger partial charge on any atom is 0.295 e. The highest BCUT2D eigenvalue weighted by atomic mass is 19.3. The lowest BCUT2D eigenvalue weighted by atomic mass is 10.0. The molecule has 0 atom stereocenters. The Balaban J connectivity index is 2.37. The lowest BCUT2D eigenvalue weighted by Gasteiger charge is -2.11. The Labute approximate surface area is 92.3 Å². The topological polar surface area (TPSA) is 21.6 Å². The summed E-state index contributed by atoms with van der Waals surface area (Å²) in [5.74, 6) is -2.28. The molecule has 0 fully saturated rings. The second-order valence-electron chi connectivity index (χ2n) is 3.64. The monoisotopic (exact) mass is 223 g/mol. The van der Waals surface area contributed by atoms with E-state index in [2.05, 4.69) is 11.6 Å². The van der Waals surface area contributed by atoms with Crippen molar-refractivity contribution in [1.29, 1.82) is 0 Å². The Morgan fingerprint density at radius 3 is 2.38 bits per heavy atom. The molecule has 0 radical (unpaired) electrons. The minimum atomic E-state index is -2.91. The molecule has 1 aromatic rings. The maximum absolute atomic E-state index is 13.5. The first kappa shape index (κ1) is 10.8. The van der Waals surface area contributed by atoms with E-state index < -0.39 is 12.3 Å². The third-order valence-corrected chi connectivity index (χ3v) is 2.41. The molecule has 0 bridgehead atoms. The van der Waals surface area contributed by atoms with Crippen LogP contribution in [0.25, 0.3) is 0 Å². The van der Waals surface area contributed by atoms with Gasteiger partial charge in [0.15, 0.2) is 0 Å². The van der Waals surface area contributed by atoms with Crippen molar-refractivity contribution < 1.29 is 13.5 Å². The van der Waals surface area contributed by atoms with Crippen molar-refractivity contribution >= 4 is 5.71 Å². The summed E-state index contributed by atoms with van der Waals surface area (Å²) in [6.45, 7) is 3.47. The molecule has 2 nitrogen and oxygen atoms in total. The fraction of sp³-hybridized carbons (Fsp3) is 0.250. The number of ether oxygens (including phenoxy) is 1. The van der Waals surface area contributed by atoms with E-state index >= 15 is 0 Å². The summed E-state index contributed by atoms with van der Waals surface area (Å²) in [6.07, 6.45) is -0.394. The van der Waals surface area contributed by atoms with Crippen molar-refractivity contribution in [3.05, 3.63) is 42.1 Å². The van der Waals surface area contributed by atoms with Crippen molar-refractivity contribution in [3.8, 4) is 5.75 Å². The van der Waals surface area contributed by atoms with Gasteiger partial charge in [-0.1, -0.05) is 6.58 Å². The average molecular weight is 223 g/mol. The fourth-order valence-electron chi connectivity index (χ4n) is 1.64. The second kappa shape index (κ2) is 3.70. The number of benzene rings is 1. The van der Waals surface area contributed by atoms with Gasteiger partial charge in [-0.15, -0.1) is 0 Å².